The molecule has 2 heteroatoms. The molecular weight excluding hydrogens is 386 g/mol. The first kappa shape index (κ1) is 22.3. The van der Waals surface area contributed by atoms with Gasteiger partial charge in [-0.05, 0) is 85.3 Å². The first-order valence-electron chi connectivity index (χ1n) is 10.7. The summed E-state index contributed by atoms with van der Waals surface area (Å²) in [4.78, 5) is 0. The van der Waals surface area contributed by atoms with Crippen LogP contribution >= 0.6 is 0 Å². The standard InChI is InChI=1S/C29H26F2/c1-4-6-7-25-19-28(30)27(29(31)20-25)17-14-24-13-16-26(21(3)18-24)15-12-23-10-8-22(5-2)9-11-23/h8-11,13,16,18-20H,4-7H2,1-3H3. The van der Waals surface area contributed by atoms with Crippen molar-refractivity contribution < 1.29 is 8.78 Å². The van der Waals surface area contributed by atoms with E-state index in [9.17, 15) is 8.78 Å². The second-order valence-corrected chi connectivity index (χ2v) is 7.62. The molecule has 0 saturated carbocycles. The van der Waals surface area contributed by atoms with Crippen molar-refractivity contribution in [3.05, 3.63) is 105 Å². The molecule has 0 aromatic heterocycles. The van der Waals surface area contributed by atoms with Gasteiger partial charge in [0.05, 0.1) is 5.56 Å². The van der Waals surface area contributed by atoms with Gasteiger partial charge in [0.2, 0.25) is 0 Å². The Bertz CT molecular complexity index is 1160. The van der Waals surface area contributed by atoms with Crippen LogP contribution in [-0.2, 0) is 12.8 Å². The fourth-order valence-electron chi connectivity index (χ4n) is 3.25. The summed E-state index contributed by atoms with van der Waals surface area (Å²) in [7, 11) is 0. The van der Waals surface area contributed by atoms with Crippen LogP contribution < -0.4 is 0 Å². The zero-order valence-corrected chi connectivity index (χ0v) is 18.3. The molecule has 0 amide bonds. The zero-order valence-electron chi connectivity index (χ0n) is 18.3. The first-order chi connectivity index (χ1) is 15.0. The molecule has 31 heavy (non-hydrogen) atoms. The van der Waals surface area contributed by atoms with Gasteiger partial charge in [-0.2, -0.15) is 0 Å². The van der Waals surface area contributed by atoms with Crippen molar-refractivity contribution in [2.75, 3.05) is 0 Å². The lowest BCUT2D eigenvalue weighted by Gasteiger charge is -2.03. The van der Waals surface area contributed by atoms with Crippen LogP contribution in [0.4, 0.5) is 8.78 Å². The summed E-state index contributed by atoms with van der Waals surface area (Å²) in [5.74, 6) is 10.7. The van der Waals surface area contributed by atoms with Crippen molar-refractivity contribution in [3.8, 4) is 23.7 Å². The van der Waals surface area contributed by atoms with E-state index in [2.05, 4.69) is 49.7 Å². The Morgan fingerprint density at radius 3 is 1.97 bits per heavy atom. The molecule has 0 aliphatic heterocycles. The molecule has 0 spiro atoms. The van der Waals surface area contributed by atoms with E-state index in [1.54, 1.807) is 0 Å². The van der Waals surface area contributed by atoms with E-state index in [0.29, 0.717) is 17.5 Å². The number of unbranched alkanes of at least 4 members (excludes halogenated alkanes) is 1. The third-order valence-electron chi connectivity index (χ3n) is 5.18. The molecule has 0 fully saturated rings. The van der Waals surface area contributed by atoms with Crippen LogP contribution in [0.3, 0.4) is 0 Å². The monoisotopic (exact) mass is 412 g/mol. The van der Waals surface area contributed by atoms with Crippen LogP contribution in [0, 0.1) is 42.2 Å². The topological polar surface area (TPSA) is 0 Å². The molecule has 0 atom stereocenters. The van der Waals surface area contributed by atoms with E-state index in [4.69, 9.17) is 0 Å². The maximum absolute atomic E-state index is 14.3. The Kier molecular flexibility index (Phi) is 7.64. The Morgan fingerprint density at radius 2 is 1.35 bits per heavy atom. The van der Waals surface area contributed by atoms with Gasteiger partial charge in [0.15, 0.2) is 0 Å². The SMILES string of the molecule is CCCCc1cc(F)c(C#Cc2ccc(C#Cc3ccc(CC)cc3)c(C)c2)c(F)c1. The smallest absolute Gasteiger partial charge is 0.142 e. The van der Waals surface area contributed by atoms with Gasteiger partial charge in [-0.15, -0.1) is 0 Å². The average Bonchev–Trinajstić information content (AvgIpc) is 2.77. The molecular formula is C29H26F2. The Labute approximate surface area is 184 Å². The molecule has 3 aromatic rings. The van der Waals surface area contributed by atoms with Gasteiger partial charge in [-0.3, -0.25) is 0 Å². The summed E-state index contributed by atoms with van der Waals surface area (Å²) in [6.07, 6.45) is 3.56. The van der Waals surface area contributed by atoms with Gasteiger partial charge >= 0.3 is 0 Å². The normalized spacial score (nSPS) is 10.1. The van der Waals surface area contributed by atoms with Gasteiger partial charge in [0.1, 0.15) is 11.6 Å². The van der Waals surface area contributed by atoms with Gasteiger partial charge in [0.25, 0.3) is 0 Å². The van der Waals surface area contributed by atoms with Gasteiger partial charge in [-0.25, -0.2) is 8.78 Å². The van der Waals surface area contributed by atoms with Crippen molar-refractivity contribution in [2.45, 2.75) is 46.5 Å². The molecule has 0 aliphatic rings. The molecule has 0 heterocycles. The van der Waals surface area contributed by atoms with Crippen LogP contribution in [0.2, 0.25) is 0 Å². The van der Waals surface area contributed by atoms with Crippen LogP contribution in [0.15, 0.2) is 54.6 Å². The van der Waals surface area contributed by atoms with E-state index >= 15 is 0 Å². The summed E-state index contributed by atoms with van der Waals surface area (Å²) >= 11 is 0. The predicted molar refractivity (Wildman–Crippen MR) is 124 cm³/mol. The lowest BCUT2D eigenvalue weighted by molar-refractivity contribution is 0.572. The Hall–Kier alpha value is -3.36. The predicted octanol–water partition coefficient (Wildman–Crippen LogP) is 6.98. The second kappa shape index (κ2) is 10.6. The third-order valence-corrected chi connectivity index (χ3v) is 5.18. The maximum atomic E-state index is 14.3. The number of rotatable bonds is 4. The number of benzene rings is 3. The molecule has 3 rings (SSSR count). The molecule has 0 saturated heterocycles. The van der Waals surface area contributed by atoms with Crippen molar-refractivity contribution >= 4 is 0 Å². The fraction of sp³-hybridized carbons (Fsp3) is 0.241. The number of hydrogen-bond acceptors (Lipinski definition) is 0. The van der Waals surface area contributed by atoms with Crippen LogP contribution in [-0.4, -0.2) is 0 Å². The highest BCUT2D eigenvalue weighted by Gasteiger charge is 2.09. The summed E-state index contributed by atoms with van der Waals surface area (Å²) in [6, 6.07) is 16.6. The largest absolute Gasteiger partial charge is 0.206 e. The lowest BCUT2D eigenvalue weighted by atomic mass is 10.0. The zero-order chi connectivity index (χ0) is 22.2. The quantitative estimate of drug-likeness (QED) is 0.406. The van der Waals surface area contributed by atoms with Crippen molar-refractivity contribution in [2.24, 2.45) is 0 Å². The molecule has 0 unspecified atom stereocenters. The third kappa shape index (κ3) is 6.07. The molecule has 0 aliphatic carbocycles. The average molecular weight is 413 g/mol. The molecule has 156 valence electrons. The highest BCUT2D eigenvalue weighted by atomic mass is 19.1. The van der Waals surface area contributed by atoms with Crippen LogP contribution in [0.1, 0.15) is 65.6 Å². The highest BCUT2D eigenvalue weighted by molar-refractivity contribution is 5.52. The van der Waals surface area contributed by atoms with E-state index < -0.39 is 11.6 Å². The summed E-state index contributed by atoms with van der Waals surface area (Å²) in [5.41, 5.74) is 5.32. The molecule has 3 aromatic carbocycles. The van der Waals surface area contributed by atoms with Crippen LogP contribution in [0.25, 0.3) is 0 Å². The summed E-state index contributed by atoms with van der Waals surface area (Å²) in [6.45, 7) is 6.13. The molecule has 0 nitrogen and oxygen atoms in total. The number of aryl methyl sites for hydroxylation is 3. The van der Waals surface area contributed by atoms with E-state index in [1.165, 1.54) is 17.7 Å². The minimum Gasteiger partial charge on any atom is -0.206 e. The number of halogens is 2. The van der Waals surface area contributed by atoms with E-state index in [-0.39, 0.29) is 5.56 Å². The highest BCUT2D eigenvalue weighted by Crippen LogP contribution is 2.17. The molecule has 0 bridgehead atoms. The molecule has 0 N–H and O–H groups in total. The minimum absolute atomic E-state index is 0.183. The number of hydrogen-bond donors (Lipinski definition) is 0. The Morgan fingerprint density at radius 1 is 0.710 bits per heavy atom. The fourth-order valence-corrected chi connectivity index (χ4v) is 3.25. The minimum atomic E-state index is -0.605. The first-order valence-corrected chi connectivity index (χ1v) is 10.7. The van der Waals surface area contributed by atoms with E-state index in [1.807, 2.05) is 37.3 Å². The summed E-state index contributed by atoms with van der Waals surface area (Å²) in [5, 5.41) is 0. The van der Waals surface area contributed by atoms with Crippen molar-refractivity contribution in [3.63, 3.8) is 0 Å². The maximum Gasteiger partial charge on any atom is 0.142 e. The Balaban J connectivity index is 1.79. The van der Waals surface area contributed by atoms with Crippen molar-refractivity contribution in [1.29, 1.82) is 0 Å². The van der Waals surface area contributed by atoms with Crippen LogP contribution in [0.5, 0.6) is 0 Å². The second-order valence-electron chi connectivity index (χ2n) is 7.62. The summed E-state index contributed by atoms with van der Waals surface area (Å²) < 4.78 is 28.7. The van der Waals surface area contributed by atoms with E-state index in [0.717, 1.165) is 36.0 Å². The van der Waals surface area contributed by atoms with Crippen molar-refractivity contribution in [1.82, 2.24) is 0 Å². The van der Waals surface area contributed by atoms with Gasteiger partial charge < -0.3 is 0 Å². The molecule has 0 radical (unpaired) electrons. The lowest BCUT2D eigenvalue weighted by Crippen LogP contribution is -1.95. The van der Waals surface area contributed by atoms with Gasteiger partial charge in [0, 0.05) is 16.7 Å². The van der Waals surface area contributed by atoms with Gasteiger partial charge in [-0.1, -0.05) is 56.1 Å².